The molecule has 1 amide bonds. The van der Waals surface area contributed by atoms with E-state index in [-0.39, 0.29) is 6.54 Å². The molecule has 0 aromatic carbocycles. The standard InChI is InChI=1S/C19H19F5N4O3/c20-16(21)17-25-8-11(9-26-17)14(28-4-6-31-7-5-28)10-27-18(30)12-2-1-3-13(15(12)29)19(22,23)24/h1-3,8-9,13-14,16H,4-7,10H2,(H,27,30). The minimum atomic E-state index is -4.80. The summed E-state index contributed by atoms with van der Waals surface area (Å²) in [5.41, 5.74) is -0.168. The van der Waals surface area contributed by atoms with Crippen molar-refractivity contribution in [3.05, 3.63) is 47.6 Å². The third-order valence-corrected chi connectivity index (χ3v) is 4.93. The number of morpholine rings is 1. The van der Waals surface area contributed by atoms with Crippen LogP contribution in [-0.2, 0) is 14.3 Å². The Morgan fingerprint density at radius 3 is 2.45 bits per heavy atom. The van der Waals surface area contributed by atoms with Crippen LogP contribution in [0.25, 0.3) is 0 Å². The van der Waals surface area contributed by atoms with Crippen molar-refractivity contribution in [2.45, 2.75) is 18.6 Å². The zero-order valence-electron chi connectivity index (χ0n) is 16.1. The van der Waals surface area contributed by atoms with Crippen LogP contribution in [0, 0.1) is 5.92 Å². The first kappa shape index (κ1) is 22.9. The molecule has 1 aliphatic heterocycles. The second-order valence-electron chi connectivity index (χ2n) is 6.90. The predicted molar refractivity (Wildman–Crippen MR) is 96.9 cm³/mol. The minimum Gasteiger partial charge on any atom is -0.379 e. The maximum absolute atomic E-state index is 13.0. The molecule has 2 heterocycles. The molecule has 1 fully saturated rings. The number of amides is 1. The Morgan fingerprint density at radius 1 is 1.23 bits per heavy atom. The highest BCUT2D eigenvalue weighted by Crippen LogP contribution is 2.32. The van der Waals surface area contributed by atoms with E-state index in [4.69, 9.17) is 4.74 Å². The van der Waals surface area contributed by atoms with Gasteiger partial charge in [-0.2, -0.15) is 13.2 Å². The summed E-state index contributed by atoms with van der Waals surface area (Å²) in [6, 6.07) is -0.548. The van der Waals surface area contributed by atoms with E-state index < -0.39 is 47.6 Å². The van der Waals surface area contributed by atoms with Crippen molar-refractivity contribution in [1.29, 1.82) is 0 Å². The Morgan fingerprint density at radius 2 is 1.87 bits per heavy atom. The van der Waals surface area contributed by atoms with E-state index >= 15 is 0 Å². The largest absolute Gasteiger partial charge is 0.402 e. The minimum absolute atomic E-state index is 0.0960. The lowest BCUT2D eigenvalue weighted by molar-refractivity contribution is -0.169. The highest BCUT2D eigenvalue weighted by molar-refractivity contribution is 6.21. The SMILES string of the molecule is O=C(NCC(c1cnc(C(F)F)nc1)N1CCOCC1)C1=CC=CC(C(F)(F)F)C1=O. The molecule has 2 aliphatic rings. The van der Waals surface area contributed by atoms with Gasteiger partial charge in [-0.1, -0.05) is 12.2 Å². The number of nitrogens with zero attached hydrogens (tertiary/aromatic N) is 3. The van der Waals surface area contributed by atoms with Gasteiger partial charge in [0.25, 0.3) is 12.3 Å². The number of hydrogen-bond donors (Lipinski definition) is 1. The molecule has 1 aromatic rings. The number of nitrogens with one attached hydrogen (secondary N) is 1. The lowest BCUT2D eigenvalue weighted by Crippen LogP contribution is -2.45. The highest BCUT2D eigenvalue weighted by atomic mass is 19.4. The number of alkyl halides is 5. The summed E-state index contributed by atoms with van der Waals surface area (Å²) >= 11 is 0. The Bertz CT molecular complexity index is 864. The summed E-state index contributed by atoms with van der Waals surface area (Å²) in [4.78, 5) is 33.7. The number of allylic oxidation sites excluding steroid dienone is 3. The fourth-order valence-corrected chi connectivity index (χ4v) is 3.31. The Balaban J connectivity index is 1.74. The van der Waals surface area contributed by atoms with Crippen molar-refractivity contribution < 1.29 is 36.3 Å². The van der Waals surface area contributed by atoms with Gasteiger partial charge in [0.15, 0.2) is 11.6 Å². The van der Waals surface area contributed by atoms with E-state index in [0.717, 1.165) is 12.2 Å². The second kappa shape index (κ2) is 9.60. The van der Waals surface area contributed by atoms with E-state index in [1.165, 1.54) is 12.4 Å². The third kappa shape index (κ3) is 5.50. The highest BCUT2D eigenvalue weighted by Gasteiger charge is 2.45. The zero-order valence-corrected chi connectivity index (χ0v) is 16.1. The molecule has 1 saturated heterocycles. The van der Waals surface area contributed by atoms with E-state index in [1.807, 2.05) is 4.90 Å². The molecule has 1 aliphatic carbocycles. The molecular weight excluding hydrogens is 427 g/mol. The first-order chi connectivity index (χ1) is 14.7. The van der Waals surface area contributed by atoms with Gasteiger partial charge in [0.05, 0.1) is 24.8 Å². The monoisotopic (exact) mass is 446 g/mol. The molecule has 0 saturated carbocycles. The van der Waals surface area contributed by atoms with Crippen molar-refractivity contribution >= 4 is 11.7 Å². The number of Topliss-reactive ketones (excluding diaryl/α,β-unsaturated/α-hetero) is 1. The molecule has 31 heavy (non-hydrogen) atoms. The lowest BCUT2D eigenvalue weighted by Gasteiger charge is -2.34. The van der Waals surface area contributed by atoms with E-state index in [9.17, 15) is 31.5 Å². The Kier molecular flexibility index (Phi) is 7.11. The van der Waals surface area contributed by atoms with Crippen molar-refractivity contribution in [1.82, 2.24) is 20.2 Å². The topological polar surface area (TPSA) is 84.4 Å². The van der Waals surface area contributed by atoms with Crippen molar-refractivity contribution in [2.24, 2.45) is 5.92 Å². The number of ether oxygens (including phenoxy) is 1. The summed E-state index contributed by atoms with van der Waals surface area (Å²) in [5.74, 6) is -5.30. The van der Waals surface area contributed by atoms with Gasteiger partial charge >= 0.3 is 6.18 Å². The molecule has 2 unspecified atom stereocenters. The van der Waals surface area contributed by atoms with Crippen molar-refractivity contribution in [3.8, 4) is 0 Å². The van der Waals surface area contributed by atoms with E-state index in [1.54, 1.807) is 0 Å². The summed E-state index contributed by atoms with van der Waals surface area (Å²) in [6.07, 6.45) is -2.46. The molecule has 168 valence electrons. The Hall–Kier alpha value is -2.73. The number of ketones is 1. The second-order valence-corrected chi connectivity index (χ2v) is 6.90. The molecule has 1 N–H and O–H groups in total. The van der Waals surface area contributed by atoms with E-state index in [2.05, 4.69) is 15.3 Å². The van der Waals surface area contributed by atoms with Crippen LogP contribution < -0.4 is 5.32 Å². The van der Waals surface area contributed by atoms with Crippen LogP contribution in [0.5, 0.6) is 0 Å². The third-order valence-electron chi connectivity index (χ3n) is 4.93. The molecule has 0 bridgehead atoms. The summed E-state index contributed by atoms with van der Waals surface area (Å²) in [6.45, 7) is 1.65. The molecule has 3 rings (SSSR count). The van der Waals surface area contributed by atoms with Crippen LogP contribution >= 0.6 is 0 Å². The number of rotatable bonds is 6. The van der Waals surface area contributed by atoms with Gasteiger partial charge in [0.1, 0.15) is 5.92 Å². The van der Waals surface area contributed by atoms with Crippen LogP contribution in [0.15, 0.2) is 36.2 Å². The maximum atomic E-state index is 13.0. The predicted octanol–water partition coefficient (Wildman–Crippen LogP) is 2.15. The van der Waals surface area contributed by atoms with Crippen LogP contribution in [0.3, 0.4) is 0 Å². The lowest BCUT2D eigenvalue weighted by atomic mass is 9.91. The number of aromatic nitrogens is 2. The van der Waals surface area contributed by atoms with Crippen molar-refractivity contribution in [2.75, 3.05) is 32.8 Å². The first-order valence-electron chi connectivity index (χ1n) is 9.38. The summed E-state index contributed by atoms with van der Waals surface area (Å²) in [5, 5.41) is 2.47. The van der Waals surface area contributed by atoms with Gasteiger partial charge in [-0.3, -0.25) is 14.5 Å². The van der Waals surface area contributed by atoms with Crippen molar-refractivity contribution in [3.63, 3.8) is 0 Å². The molecule has 0 spiro atoms. The number of halogens is 5. The van der Waals surface area contributed by atoms with Crippen LogP contribution in [-0.4, -0.2) is 65.6 Å². The van der Waals surface area contributed by atoms with Gasteiger partial charge in [0.2, 0.25) is 0 Å². The van der Waals surface area contributed by atoms with E-state index in [0.29, 0.717) is 37.9 Å². The zero-order chi connectivity index (χ0) is 22.6. The van der Waals surface area contributed by atoms with Crippen LogP contribution in [0.4, 0.5) is 22.0 Å². The summed E-state index contributed by atoms with van der Waals surface area (Å²) < 4.78 is 69.7. The fraction of sp³-hybridized carbons (Fsp3) is 0.474. The van der Waals surface area contributed by atoms with Gasteiger partial charge < -0.3 is 10.1 Å². The number of hydrogen-bond acceptors (Lipinski definition) is 6. The molecule has 7 nitrogen and oxygen atoms in total. The quantitative estimate of drug-likeness (QED) is 0.533. The van der Waals surface area contributed by atoms with Gasteiger partial charge in [0, 0.05) is 37.6 Å². The maximum Gasteiger partial charge on any atom is 0.402 e. The molecule has 0 radical (unpaired) electrons. The molecular formula is C19H19F5N4O3. The van der Waals surface area contributed by atoms with Gasteiger partial charge in [-0.15, -0.1) is 0 Å². The average molecular weight is 446 g/mol. The van der Waals surface area contributed by atoms with Gasteiger partial charge in [-0.05, 0) is 6.08 Å². The van der Waals surface area contributed by atoms with Crippen LogP contribution in [0.1, 0.15) is 23.9 Å². The van der Waals surface area contributed by atoms with Crippen LogP contribution in [0.2, 0.25) is 0 Å². The van der Waals surface area contributed by atoms with Gasteiger partial charge in [-0.25, -0.2) is 18.7 Å². The smallest absolute Gasteiger partial charge is 0.379 e. The Labute approximate surface area is 174 Å². The molecule has 2 atom stereocenters. The number of carbonyl (C=O) groups is 2. The first-order valence-corrected chi connectivity index (χ1v) is 9.38. The average Bonchev–Trinajstić information content (AvgIpc) is 2.74. The fourth-order valence-electron chi connectivity index (χ4n) is 3.31. The summed E-state index contributed by atoms with van der Waals surface area (Å²) in [7, 11) is 0. The molecule has 1 aromatic heterocycles. The number of carbonyl (C=O) groups excluding carboxylic acids is 2. The normalized spacial score (nSPS) is 21.2. The molecule has 12 heteroatoms.